The summed E-state index contributed by atoms with van der Waals surface area (Å²) in [4.78, 5) is 2.21. The van der Waals surface area contributed by atoms with E-state index in [0.717, 1.165) is 37.9 Å². The van der Waals surface area contributed by atoms with Crippen LogP contribution in [0.3, 0.4) is 0 Å². The van der Waals surface area contributed by atoms with Crippen molar-refractivity contribution >= 4 is 0 Å². The second-order valence-corrected chi connectivity index (χ2v) is 3.85. The molecule has 2 rings (SSSR count). The number of rotatable bonds is 1. The summed E-state index contributed by atoms with van der Waals surface area (Å²) in [5.41, 5.74) is 0.738. The molecule has 0 aliphatic carbocycles. The van der Waals surface area contributed by atoms with Gasteiger partial charge >= 0.3 is 0 Å². The Balaban J connectivity index is 2.20. The topological polar surface area (TPSA) is 23.5 Å². The molecular weight excluding hydrogens is 157 g/mol. The maximum Gasteiger partial charge on any atom is 0.0872 e. The summed E-state index contributed by atoms with van der Waals surface area (Å²) < 4.78 is 12.2. The lowest BCUT2D eigenvalue weighted by Crippen LogP contribution is -2.41. The first kappa shape index (κ1) is 8.20. The monoisotopic (exact) mass is 171 g/mol. The van der Waals surface area contributed by atoms with Crippen molar-refractivity contribution in [2.75, 3.05) is 19.7 Å². The van der Waals surface area contributed by atoms with Crippen molar-refractivity contribution in [1.29, 1.82) is 0 Å². The van der Waals surface area contributed by atoms with Gasteiger partial charge in [-0.2, -0.15) is 0 Å². The van der Waals surface area contributed by atoms with Crippen molar-refractivity contribution in [3.63, 3.8) is 0 Å². The predicted molar refractivity (Wildman–Crippen MR) is 44.4 cm³/mol. The largest absolute Gasteiger partial charge is 0.394 e. The summed E-state index contributed by atoms with van der Waals surface area (Å²) in [5.74, 6) is 0. The number of aliphatic hydroxyl groups is 1. The molecule has 0 saturated carbocycles. The molecule has 0 spiro atoms. The van der Waals surface area contributed by atoms with E-state index in [0.29, 0.717) is 6.33 Å². The minimum absolute atomic E-state index is 0.0993. The van der Waals surface area contributed by atoms with Crippen molar-refractivity contribution < 1.29 is 9.50 Å². The molecule has 0 aromatic carbocycles. The number of aliphatic hydroxyl groups excluding tert-OH is 1. The van der Waals surface area contributed by atoms with E-state index in [1.54, 1.807) is 0 Å². The van der Waals surface area contributed by atoms with Crippen molar-refractivity contribution in [1.82, 2.24) is 4.90 Å². The molecule has 2 fully saturated rings. The van der Waals surface area contributed by atoms with Crippen molar-refractivity contribution in [2.45, 2.75) is 24.8 Å². The fraction of sp³-hybridized carbons (Fsp3) is 0.778. The van der Waals surface area contributed by atoms with Crippen molar-refractivity contribution in [3.8, 4) is 0 Å². The lowest BCUT2D eigenvalue weighted by Gasteiger charge is -2.28. The molecule has 1 N–H and O–H groups in total. The first-order valence-electron chi connectivity index (χ1n) is 4.45. The number of halogens is 1. The lowest BCUT2D eigenvalue weighted by molar-refractivity contribution is 0.1000. The van der Waals surface area contributed by atoms with Crippen molar-refractivity contribution in [2.24, 2.45) is 0 Å². The number of nitrogens with zero attached hydrogens (tertiary/aromatic N) is 1. The third-order valence-corrected chi connectivity index (χ3v) is 3.14. The van der Waals surface area contributed by atoms with E-state index in [1.165, 1.54) is 0 Å². The predicted octanol–water partition coefficient (Wildman–Crippen LogP) is 1.07. The molecule has 2 nitrogen and oxygen atoms in total. The minimum atomic E-state index is -0.0993. The highest BCUT2D eigenvalue weighted by Gasteiger charge is 2.45. The lowest BCUT2D eigenvalue weighted by atomic mass is 9.94. The molecule has 0 radical (unpaired) electrons. The van der Waals surface area contributed by atoms with Crippen LogP contribution in [0.15, 0.2) is 11.9 Å². The molecule has 0 bridgehead atoms. The van der Waals surface area contributed by atoms with Gasteiger partial charge in [0.1, 0.15) is 0 Å². The Hall–Kier alpha value is -0.410. The van der Waals surface area contributed by atoms with E-state index in [2.05, 4.69) is 4.90 Å². The minimum Gasteiger partial charge on any atom is -0.394 e. The highest BCUT2D eigenvalue weighted by atomic mass is 19.1. The van der Waals surface area contributed by atoms with Crippen LogP contribution in [0.25, 0.3) is 0 Å². The van der Waals surface area contributed by atoms with Gasteiger partial charge < -0.3 is 5.11 Å². The van der Waals surface area contributed by atoms with Crippen LogP contribution in [0.1, 0.15) is 19.3 Å². The summed E-state index contributed by atoms with van der Waals surface area (Å²) in [6.07, 6.45) is 3.58. The maximum absolute atomic E-state index is 12.2. The third kappa shape index (κ3) is 1.00. The van der Waals surface area contributed by atoms with E-state index in [9.17, 15) is 9.50 Å². The van der Waals surface area contributed by atoms with Crippen LogP contribution < -0.4 is 0 Å². The average molecular weight is 171 g/mol. The third-order valence-electron chi connectivity index (χ3n) is 3.14. The molecule has 2 aliphatic heterocycles. The van der Waals surface area contributed by atoms with Crippen LogP contribution in [0, 0.1) is 0 Å². The van der Waals surface area contributed by atoms with Gasteiger partial charge in [0.05, 0.1) is 12.9 Å². The molecule has 0 aromatic rings. The Labute approximate surface area is 71.7 Å². The molecule has 0 aromatic heterocycles. The summed E-state index contributed by atoms with van der Waals surface area (Å²) in [5, 5.41) is 9.25. The van der Waals surface area contributed by atoms with Crippen LogP contribution in [-0.2, 0) is 0 Å². The summed E-state index contributed by atoms with van der Waals surface area (Å²) in [7, 11) is 0. The Bertz CT molecular complexity index is 217. The van der Waals surface area contributed by atoms with E-state index < -0.39 is 0 Å². The fourth-order valence-corrected chi connectivity index (χ4v) is 2.47. The maximum atomic E-state index is 12.2. The Kier molecular flexibility index (Phi) is 1.93. The smallest absolute Gasteiger partial charge is 0.0872 e. The van der Waals surface area contributed by atoms with E-state index in [4.69, 9.17) is 0 Å². The second-order valence-electron chi connectivity index (χ2n) is 3.85. The number of hydrogen-bond donors (Lipinski definition) is 1. The van der Waals surface area contributed by atoms with Gasteiger partial charge in [-0.15, -0.1) is 0 Å². The van der Waals surface area contributed by atoms with Crippen LogP contribution in [-0.4, -0.2) is 35.2 Å². The van der Waals surface area contributed by atoms with Gasteiger partial charge in [0, 0.05) is 12.1 Å². The molecule has 0 amide bonds. The zero-order chi connectivity index (χ0) is 8.60. The quantitative estimate of drug-likeness (QED) is 0.638. The number of hydrogen-bond acceptors (Lipinski definition) is 2. The highest BCUT2D eigenvalue weighted by Crippen LogP contribution is 2.40. The second kappa shape index (κ2) is 2.82. The first-order chi connectivity index (χ1) is 5.80. The summed E-state index contributed by atoms with van der Waals surface area (Å²) in [6, 6.07) is 0. The standard InChI is InChI=1S/C9H14FNO/c10-5-8-4-9(7-12)2-1-3-11(9)6-8/h5,12H,1-4,6-7H2/b8-5+. The summed E-state index contributed by atoms with van der Waals surface area (Å²) >= 11 is 0. The molecular formula is C9H14FNO. The molecule has 2 saturated heterocycles. The molecule has 68 valence electrons. The zero-order valence-electron chi connectivity index (χ0n) is 7.09. The van der Waals surface area contributed by atoms with Crippen LogP contribution >= 0.6 is 0 Å². The van der Waals surface area contributed by atoms with Gasteiger partial charge in [-0.05, 0) is 31.4 Å². The zero-order valence-corrected chi connectivity index (χ0v) is 7.09. The van der Waals surface area contributed by atoms with E-state index in [-0.39, 0.29) is 12.1 Å². The van der Waals surface area contributed by atoms with E-state index >= 15 is 0 Å². The van der Waals surface area contributed by atoms with Gasteiger partial charge in [0.25, 0.3) is 0 Å². The van der Waals surface area contributed by atoms with Gasteiger partial charge in [0.15, 0.2) is 0 Å². The van der Waals surface area contributed by atoms with Gasteiger partial charge in [-0.25, -0.2) is 4.39 Å². The van der Waals surface area contributed by atoms with Crippen molar-refractivity contribution in [3.05, 3.63) is 11.9 Å². The molecule has 2 heterocycles. The summed E-state index contributed by atoms with van der Waals surface area (Å²) in [6.45, 7) is 1.90. The SMILES string of the molecule is OCC12CCCN1C/C(=C/F)C2. The van der Waals surface area contributed by atoms with Gasteiger partial charge in [0.2, 0.25) is 0 Å². The molecule has 3 heteroatoms. The van der Waals surface area contributed by atoms with Crippen LogP contribution in [0.2, 0.25) is 0 Å². The van der Waals surface area contributed by atoms with Gasteiger partial charge in [-0.3, -0.25) is 4.90 Å². The Morgan fingerprint density at radius 2 is 2.50 bits per heavy atom. The molecule has 2 aliphatic rings. The molecule has 12 heavy (non-hydrogen) atoms. The molecule has 1 atom stereocenters. The average Bonchev–Trinajstić information content (AvgIpc) is 2.58. The van der Waals surface area contributed by atoms with Gasteiger partial charge in [-0.1, -0.05) is 0 Å². The Morgan fingerprint density at radius 1 is 1.67 bits per heavy atom. The number of fused-ring (bicyclic) bond motifs is 1. The first-order valence-corrected chi connectivity index (χ1v) is 4.45. The molecule has 1 unspecified atom stereocenters. The fourth-order valence-electron chi connectivity index (χ4n) is 2.47. The Morgan fingerprint density at radius 3 is 3.08 bits per heavy atom. The van der Waals surface area contributed by atoms with E-state index in [1.807, 2.05) is 0 Å². The normalized spacial score (nSPS) is 39.3. The van der Waals surface area contributed by atoms with Crippen LogP contribution in [0.5, 0.6) is 0 Å². The van der Waals surface area contributed by atoms with Crippen LogP contribution in [0.4, 0.5) is 4.39 Å². The highest BCUT2D eigenvalue weighted by molar-refractivity contribution is 5.18.